The smallest absolute Gasteiger partial charge is 0.257 e. The summed E-state index contributed by atoms with van der Waals surface area (Å²) in [5, 5.41) is 11.7. The summed E-state index contributed by atoms with van der Waals surface area (Å²) in [7, 11) is 3.51. The number of fused-ring (bicyclic) bond motifs is 1. The van der Waals surface area contributed by atoms with E-state index in [9.17, 15) is 4.79 Å². The van der Waals surface area contributed by atoms with Gasteiger partial charge in [0.2, 0.25) is 0 Å². The summed E-state index contributed by atoms with van der Waals surface area (Å²) in [5.41, 5.74) is 4.71. The number of nitrogens with one attached hydrogen (secondary N) is 1. The quantitative estimate of drug-likeness (QED) is 0.566. The van der Waals surface area contributed by atoms with Crippen molar-refractivity contribution in [3.05, 3.63) is 65.7 Å². The molecule has 29 heavy (non-hydrogen) atoms. The second-order valence-corrected chi connectivity index (χ2v) is 6.86. The van der Waals surface area contributed by atoms with Gasteiger partial charge in [-0.25, -0.2) is 9.50 Å². The van der Waals surface area contributed by atoms with Crippen LogP contribution in [0.5, 0.6) is 5.75 Å². The third-order valence-corrected chi connectivity index (χ3v) is 5.12. The number of carbonyl (C=O) groups is 1. The minimum Gasteiger partial charge on any atom is -0.497 e. The normalized spacial score (nSPS) is 12.1. The van der Waals surface area contributed by atoms with Crippen molar-refractivity contribution in [1.82, 2.24) is 29.7 Å². The van der Waals surface area contributed by atoms with Crippen LogP contribution in [0.4, 0.5) is 0 Å². The van der Waals surface area contributed by atoms with Crippen molar-refractivity contribution in [2.45, 2.75) is 19.9 Å². The molecule has 1 amide bonds. The van der Waals surface area contributed by atoms with Crippen molar-refractivity contribution in [2.75, 3.05) is 7.11 Å². The van der Waals surface area contributed by atoms with Gasteiger partial charge >= 0.3 is 0 Å². The molecule has 1 atom stereocenters. The lowest BCUT2D eigenvalue weighted by Crippen LogP contribution is -2.27. The number of methoxy groups -OCH3 is 1. The summed E-state index contributed by atoms with van der Waals surface area (Å²) < 4.78 is 8.68. The van der Waals surface area contributed by atoms with E-state index in [1.54, 1.807) is 34.9 Å². The Morgan fingerprint density at radius 3 is 2.55 bits per heavy atom. The average Bonchev–Trinajstić information content (AvgIpc) is 3.31. The van der Waals surface area contributed by atoms with Crippen LogP contribution in [-0.2, 0) is 7.05 Å². The molecule has 0 radical (unpaired) electrons. The van der Waals surface area contributed by atoms with E-state index >= 15 is 0 Å². The summed E-state index contributed by atoms with van der Waals surface area (Å²) >= 11 is 0. The number of amides is 1. The Bertz CT molecular complexity index is 1180. The summed E-state index contributed by atoms with van der Waals surface area (Å²) in [5.74, 6) is 0.550. The molecule has 148 valence electrons. The van der Waals surface area contributed by atoms with Gasteiger partial charge in [0.25, 0.3) is 5.91 Å². The lowest BCUT2D eigenvalue weighted by Gasteiger charge is -2.13. The molecule has 0 bridgehead atoms. The second kappa shape index (κ2) is 7.38. The minimum absolute atomic E-state index is 0.184. The van der Waals surface area contributed by atoms with Gasteiger partial charge in [-0.3, -0.25) is 9.48 Å². The minimum atomic E-state index is -0.227. The van der Waals surface area contributed by atoms with Crippen molar-refractivity contribution < 1.29 is 9.53 Å². The highest BCUT2D eigenvalue weighted by atomic mass is 16.5. The molecular formula is C21H22N6O2. The topological polar surface area (TPSA) is 86.3 Å². The van der Waals surface area contributed by atoms with E-state index in [1.807, 2.05) is 51.2 Å². The van der Waals surface area contributed by atoms with Gasteiger partial charge in [-0.1, -0.05) is 0 Å². The van der Waals surface area contributed by atoms with Crippen LogP contribution in [0.2, 0.25) is 0 Å². The number of hydrogen-bond acceptors (Lipinski definition) is 5. The first-order valence-electron chi connectivity index (χ1n) is 9.26. The van der Waals surface area contributed by atoms with Gasteiger partial charge in [-0.2, -0.15) is 10.2 Å². The van der Waals surface area contributed by atoms with Gasteiger partial charge in [0.1, 0.15) is 11.3 Å². The van der Waals surface area contributed by atoms with Crippen LogP contribution in [0, 0.1) is 6.92 Å². The number of carbonyl (C=O) groups excluding carboxylic acids is 1. The number of aromatic nitrogens is 5. The average molecular weight is 390 g/mol. The standard InChI is InChI=1S/C21H22N6O2/c1-13(17-11-23-26(3)14(17)2)25-21(28)18-12-24-27-19(9-10-22-20(18)27)15-5-7-16(29-4)8-6-15/h5-13H,1-4H3,(H,25,28). The molecule has 1 unspecified atom stereocenters. The van der Waals surface area contributed by atoms with Gasteiger partial charge in [-0.05, 0) is 44.2 Å². The van der Waals surface area contributed by atoms with E-state index < -0.39 is 0 Å². The first-order valence-corrected chi connectivity index (χ1v) is 9.26. The Hall–Kier alpha value is -3.68. The Morgan fingerprint density at radius 1 is 1.14 bits per heavy atom. The predicted molar refractivity (Wildman–Crippen MR) is 109 cm³/mol. The van der Waals surface area contributed by atoms with E-state index in [0.717, 1.165) is 28.3 Å². The van der Waals surface area contributed by atoms with Gasteiger partial charge in [0.05, 0.1) is 31.2 Å². The Morgan fingerprint density at radius 2 is 1.90 bits per heavy atom. The number of rotatable bonds is 5. The highest BCUT2D eigenvalue weighted by molar-refractivity contribution is 6.00. The Kier molecular flexibility index (Phi) is 4.75. The number of benzene rings is 1. The molecule has 1 N–H and O–H groups in total. The van der Waals surface area contributed by atoms with E-state index in [-0.39, 0.29) is 11.9 Å². The molecule has 4 rings (SSSR count). The largest absolute Gasteiger partial charge is 0.497 e. The van der Waals surface area contributed by atoms with Crippen LogP contribution in [0.25, 0.3) is 16.9 Å². The van der Waals surface area contributed by atoms with Crippen LogP contribution in [-0.4, -0.2) is 37.4 Å². The molecule has 0 spiro atoms. The number of nitrogens with zero attached hydrogens (tertiary/aromatic N) is 5. The van der Waals surface area contributed by atoms with Crippen molar-refractivity contribution >= 4 is 11.6 Å². The molecule has 4 aromatic rings. The van der Waals surface area contributed by atoms with Crippen LogP contribution in [0.1, 0.15) is 34.6 Å². The molecule has 8 nitrogen and oxygen atoms in total. The van der Waals surface area contributed by atoms with Crippen LogP contribution in [0.15, 0.2) is 48.9 Å². The highest BCUT2D eigenvalue weighted by Gasteiger charge is 2.20. The Labute approximate surface area is 168 Å². The molecule has 0 saturated heterocycles. The zero-order valence-corrected chi connectivity index (χ0v) is 16.7. The lowest BCUT2D eigenvalue weighted by molar-refractivity contribution is 0.0941. The maximum atomic E-state index is 12.9. The molecule has 0 aliphatic carbocycles. The summed E-state index contributed by atoms with van der Waals surface area (Å²) in [6.07, 6.45) is 5.01. The van der Waals surface area contributed by atoms with Crippen LogP contribution < -0.4 is 10.1 Å². The predicted octanol–water partition coefficient (Wildman–Crippen LogP) is 2.94. The zero-order valence-electron chi connectivity index (χ0n) is 16.7. The molecule has 3 heterocycles. The molecule has 0 aliphatic heterocycles. The van der Waals surface area contributed by atoms with Gasteiger partial charge < -0.3 is 10.1 Å². The maximum absolute atomic E-state index is 12.9. The molecule has 0 saturated carbocycles. The number of aryl methyl sites for hydroxylation is 1. The first-order chi connectivity index (χ1) is 14.0. The molecule has 8 heteroatoms. The van der Waals surface area contributed by atoms with Gasteiger partial charge in [0.15, 0.2) is 5.65 Å². The summed E-state index contributed by atoms with van der Waals surface area (Å²) in [6, 6.07) is 9.35. The SMILES string of the molecule is COc1ccc(-c2ccnc3c(C(=O)NC(C)c4cnn(C)c4C)cnn23)cc1. The third kappa shape index (κ3) is 3.33. The highest BCUT2D eigenvalue weighted by Crippen LogP contribution is 2.24. The van der Waals surface area contributed by atoms with Crippen molar-refractivity contribution in [1.29, 1.82) is 0 Å². The summed E-state index contributed by atoms with van der Waals surface area (Å²) in [4.78, 5) is 17.3. The van der Waals surface area contributed by atoms with E-state index in [4.69, 9.17) is 4.74 Å². The summed E-state index contributed by atoms with van der Waals surface area (Å²) in [6.45, 7) is 3.91. The van der Waals surface area contributed by atoms with Crippen molar-refractivity contribution in [2.24, 2.45) is 7.05 Å². The fraction of sp³-hybridized carbons (Fsp3) is 0.238. The zero-order chi connectivity index (χ0) is 20.5. The fourth-order valence-corrected chi connectivity index (χ4v) is 3.32. The molecule has 1 aromatic carbocycles. The third-order valence-electron chi connectivity index (χ3n) is 5.12. The van der Waals surface area contributed by atoms with Crippen molar-refractivity contribution in [3.8, 4) is 17.0 Å². The van der Waals surface area contributed by atoms with Gasteiger partial charge in [0, 0.05) is 30.1 Å². The van der Waals surface area contributed by atoms with E-state index in [0.29, 0.717) is 11.2 Å². The fourth-order valence-electron chi connectivity index (χ4n) is 3.32. The second-order valence-electron chi connectivity index (χ2n) is 6.86. The molecule has 3 aromatic heterocycles. The first kappa shape index (κ1) is 18.7. The monoisotopic (exact) mass is 390 g/mol. The van der Waals surface area contributed by atoms with E-state index in [1.165, 1.54) is 0 Å². The molecular weight excluding hydrogens is 368 g/mol. The lowest BCUT2D eigenvalue weighted by atomic mass is 10.1. The van der Waals surface area contributed by atoms with E-state index in [2.05, 4.69) is 20.5 Å². The molecule has 0 fully saturated rings. The molecule has 0 aliphatic rings. The van der Waals surface area contributed by atoms with Gasteiger partial charge in [-0.15, -0.1) is 0 Å². The Balaban J connectivity index is 1.65. The van der Waals surface area contributed by atoms with Crippen molar-refractivity contribution in [3.63, 3.8) is 0 Å². The van der Waals surface area contributed by atoms with Crippen LogP contribution >= 0.6 is 0 Å². The number of ether oxygens (including phenoxy) is 1. The maximum Gasteiger partial charge on any atom is 0.257 e. The number of hydrogen-bond donors (Lipinski definition) is 1. The van der Waals surface area contributed by atoms with Crippen LogP contribution in [0.3, 0.4) is 0 Å².